The first kappa shape index (κ1) is 16.5. The largest absolute Gasteiger partial charge is 0.350 e. The van der Waals surface area contributed by atoms with E-state index in [9.17, 15) is 4.79 Å². The SMILES string of the molecule is CN(C)C(CNC(=O)c1cc(Cl)cc(Br)c1)c1cccs1. The minimum atomic E-state index is -0.124. The summed E-state index contributed by atoms with van der Waals surface area (Å²) in [6.07, 6.45) is 0. The van der Waals surface area contributed by atoms with Gasteiger partial charge >= 0.3 is 0 Å². The molecule has 0 radical (unpaired) electrons. The van der Waals surface area contributed by atoms with Gasteiger partial charge in [0.15, 0.2) is 0 Å². The highest BCUT2D eigenvalue weighted by molar-refractivity contribution is 9.10. The number of benzene rings is 1. The second-order valence-corrected chi connectivity index (χ2v) is 7.19. The van der Waals surface area contributed by atoms with Crippen LogP contribution in [0.1, 0.15) is 21.3 Å². The Kier molecular flexibility index (Phi) is 5.81. The number of rotatable bonds is 5. The van der Waals surface area contributed by atoms with E-state index in [1.165, 1.54) is 4.88 Å². The molecule has 0 saturated carbocycles. The third kappa shape index (κ3) is 4.54. The van der Waals surface area contributed by atoms with E-state index in [1.54, 1.807) is 29.5 Å². The van der Waals surface area contributed by atoms with Crippen molar-refractivity contribution >= 4 is 44.8 Å². The summed E-state index contributed by atoms with van der Waals surface area (Å²) in [5.74, 6) is -0.124. The van der Waals surface area contributed by atoms with Crippen LogP contribution in [-0.4, -0.2) is 31.4 Å². The molecule has 1 N–H and O–H groups in total. The second-order valence-electron chi connectivity index (χ2n) is 4.86. The summed E-state index contributed by atoms with van der Waals surface area (Å²) in [6, 6.07) is 9.45. The second kappa shape index (κ2) is 7.40. The van der Waals surface area contributed by atoms with Gasteiger partial charge in [-0.05, 0) is 43.7 Å². The van der Waals surface area contributed by atoms with Crippen molar-refractivity contribution < 1.29 is 4.79 Å². The lowest BCUT2D eigenvalue weighted by atomic mass is 10.2. The van der Waals surface area contributed by atoms with Crippen molar-refractivity contribution in [3.8, 4) is 0 Å². The van der Waals surface area contributed by atoms with Crippen molar-refractivity contribution in [2.45, 2.75) is 6.04 Å². The molecule has 0 aliphatic heterocycles. The summed E-state index contributed by atoms with van der Waals surface area (Å²) in [4.78, 5) is 15.6. The zero-order chi connectivity index (χ0) is 15.4. The molecule has 0 spiro atoms. The van der Waals surface area contributed by atoms with E-state index in [4.69, 9.17) is 11.6 Å². The zero-order valence-corrected chi connectivity index (χ0v) is 14.9. The molecule has 2 aromatic rings. The van der Waals surface area contributed by atoms with Crippen LogP contribution in [0.15, 0.2) is 40.2 Å². The maximum absolute atomic E-state index is 12.2. The van der Waals surface area contributed by atoms with Gasteiger partial charge in [0.25, 0.3) is 5.91 Å². The predicted octanol–water partition coefficient (Wildman–Crippen LogP) is 4.20. The van der Waals surface area contributed by atoms with E-state index >= 15 is 0 Å². The molecule has 1 unspecified atom stereocenters. The molecule has 21 heavy (non-hydrogen) atoms. The number of nitrogens with zero attached hydrogens (tertiary/aromatic N) is 1. The smallest absolute Gasteiger partial charge is 0.251 e. The van der Waals surface area contributed by atoms with Gasteiger partial charge in [-0.1, -0.05) is 33.6 Å². The Balaban J connectivity index is 2.05. The van der Waals surface area contributed by atoms with Gasteiger partial charge in [0.05, 0.1) is 6.04 Å². The highest BCUT2D eigenvalue weighted by atomic mass is 79.9. The van der Waals surface area contributed by atoms with Crippen LogP contribution < -0.4 is 5.32 Å². The third-order valence-corrected chi connectivity index (χ3v) is 4.73. The number of carbonyl (C=O) groups excluding carboxylic acids is 1. The number of likely N-dealkylation sites (N-methyl/N-ethyl adjacent to an activating group) is 1. The minimum absolute atomic E-state index is 0.124. The van der Waals surface area contributed by atoms with Crippen molar-refractivity contribution in [1.29, 1.82) is 0 Å². The number of carbonyl (C=O) groups is 1. The Morgan fingerprint density at radius 3 is 2.76 bits per heavy atom. The third-order valence-electron chi connectivity index (χ3n) is 3.08. The summed E-state index contributed by atoms with van der Waals surface area (Å²) in [5, 5.41) is 5.55. The van der Waals surface area contributed by atoms with E-state index in [2.05, 4.69) is 32.2 Å². The lowest BCUT2D eigenvalue weighted by Crippen LogP contribution is -2.34. The Morgan fingerprint density at radius 2 is 2.19 bits per heavy atom. The summed E-state index contributed by atoms with van der Waals surface area (Å²) in [7, 11) is 4.01. The number of thiophene rings is 1. The molecule has 0 fully saturated rings. The van der Waals surface area contributed by atoms with Crippen LogP contribution in [0.2, 0.25) is 5.02 Å². The van der Waals surface area contributed by atoms with Gasteiger partial charge in [0, 0.05) is 26.5 Å². The Labute approximate surface area is 142 Å². The van der Waals surface area contributed by atoms with Gasteiger partial charge < -0.3 is 10.2 Å². The van der Waals surface area contributed by atoms with Gasteiger partial charge in [0.1, 0.15) is 0 Å². The van der Waals surface area contributed by atoms with Gasteiger partial charge in [0.2, 0.25) is 0 Å². The van der Waals surface area contributed by atoms with Crippen molar-refractivity contribution in [1.82, 2.24) is 10.2 Å². The van der Waals surface area contributed by atoms with Crippen molar-refractivity contribution in [3.05, 3.63) is 55.6 Å². The topological polar surface area (TPSA) is 32.3 Å². The zero-order valence-electron chi connectivity index (χ0n) is 11.8. The molecule has 1 amide bonds. The van der Waals surface area contributed by atoms with Crippen LogP contribution in [0.25, 0.3) is 0 Å². The summed E-state index contributed by atoms with van der Waals surface area (Å²) in [6.45, 7) is 0.552. The predicted molar refractivity (Wildman–Crippen MR) is 92.2 cm³/mol. The van der Waals surface area contributed by atoms with Crippen molar-refractivity contribution in [3.63, 3.8) is 0 Å². The van der Waals surface area contributed by atoms with E-state index in [-0.39, 0.29) is 11.9 Å². The number of hydrogen-bond donors (Lipinski definition) is 1. The average Bonchev–Trinajstić information content (AvgIpc) is 2.91. The molecule has 1 heterocycles. The van der Waals surface area contributed by atoms with E-state index < -0.39 is 0 Å². The monoisotopic (exact) mass is 386 g/mol. The molecule has 1 aromatic heterocycles. The average molecular weight is 388 g/mol. The summed E-state index contributed by atoms with van der Waals surface area (Å²) >= 11 is 11.0. The van der Waals surface area contributed by atoms with Crippen LogP contribution in [-0.2, 0) is 0 Å². The van der Waals surface area contributed by atoms with Crippen LogP contribution in [0.3, 0.4) is 0 Å². The first-order chi connectivity index (χ1) is 9.97. The van der Waals surface area contributed by atoms with Crippen molar-refractivity contribution in [2.75, 3.05) is 20.6 Å². The molecule has 3 nitrogen and oxygen atoms in total. The Morgan fingerprint density at radius 1 is 1.43 bits per heavy atom. The molecular weight excluding hydrogens is 372 g/mol. The highest BCUT2D eigenvalue weighted by Gasteiger charge is 2.17. The molecule has 0 bridgehead atoms. The Hall–Kier alpha value is -0.880. The lowest BCUT2D eigenvalue weighted by molar-refractivity contribution is 0.0942. The first-order valence-corrected chi connectivity index (χ1v) is 8.46. The van der Waals surface area contributed by atoms with Gasteiger partial charge in [-0.3, -0.25) is 4.79 Å². The van der Waals surface area contributed by atoms with Gasteiger partial charge in [-0.15, -0.1) is 11.3 Å². The fourth-order valence-corrected chi connectivity index (χ4v) is 3.78. The molecule has 0 aliphatic carbocycles. The van der Waals surface area contributed by atoms with Crippen LogP contribution in [0.5, 0.6) is 0 Å². The van der Waals surface area contributed by atoms with Crippen LogP contribution >= 0.6 is 38.9 Å². The standard InChI is InChI=1S/C15H16BrClN2OS/c1-19(2)13(14-4-3-5-21-14)9-18-15(20)10-6-11(16)8-12(17)7-10/h3-8,13H,9H2,1-2H3,(H,18,20). The number of nitrogens with one attached hydrogen (secondary N) is 1. The fourth-order valence-electron chi connectivity index (χ4n) is 1.99. The summed E-state index contributed by atoms with van der Waals surface area (Å²) in [5.41, 5.74) is 0.554. The maximum Gasteiger partial charge on any atom is 0.251 e. The number of amides is 1. The van der Waals surface area contributed by atoms with Gasteiger partial charge in [-0.2, -0.15) is 0 Å². The minimum Gasteiger partial charge on any atom is -0.350 e. The molecule has 112 valence electrons. The van der Waals surface area contributed by atoms with E-state index in [0.29, 0.717) is 17.1 Å². The molecule has 1 atom stereocenters. The molecular formula is C15H16BrClN2OS. The van der Waals surface area contributed by atoms with E-state index in [0.717, 1.165) is 4.47 Å². The molecule has 0 saturated heterocycles. The highest BCUT2D eigenvalue weighted by Crippen LogP contribution is 2.23. The summed E-state index contributed by atoms with van der Waals surface area (Å²) < 4.78 is 0.794. The van der Waals surface area contributed by atoms with Crippen molar-refractivity contribution in [2.24, 2.45) is 0 Å². The lowest BCUT2D eigenvalue weighted by Gasteiger charge is -2.23. The quantitative estimate of drug-likeness (QED) is 0.834. The van der Waals surface area contributed by atoms with Crippen LogP contribution in [0.4, 0.5) is 0 Å². The Bertz CT molecular complexity index is 596. The normalized spacial score (nSPS) is 12.4. The molecule has 2 rings (SSSR count). The number of hydrogen-bond acceptors (Lipinski definition) is 3. The molecule has 1 aromatic carbocycles. The maximum atomic E-state index is 12.2. The van der Waals surface area contributed by atoms with Crippen LogP contribution in [0, 0.1) is 0 Å². The fraction of sp³-hybridized carbons (Fsp3) is 0.267. The molecule has 6 heteroatoms. The van der Waals surface area contributed by atoms with Gasteiger partial charge in [-0.25, -0.2) is 0 Å². The molecule has 0 aliphatic rings. The van der Waals surface area contributed by atoms with E-state index in [1.807, 2.05) is 25.5 Å². The number of halogens is 2. The first-order valence-electron chi connectivity index (χ1n) is 6.41.